The summed E-state index contributed by atoms with van der Waals surface area (Å²) in [5.41, 5.74) is 1.79. The van der Waals surface area contributed by atoms with Gasteiger partial charge in [-0.1, -0.05) is 0 Å². The van der Waals surface area contributed by atoms with E-state index in [-0.39, 0.29) is 11.6 Å². The molecule has 0 amide bonds. The lowest BCUT2D eigenvalue weighted by Gasteiger charge is -2.14. The summed E-state index contributed by atoms with van der Waals surface area (Å²) < 4.78 is 1.82. The van der Waals surface area contributed by atoms with Crippen LogP contribution in [0.25, 0.3) is 10.9 Å². The van der Waals surface area contributed by atoms with Crippen LogP contribution in [0.3, 0.4) is 0 Å². The minimum atomic E-state index is -0.226. The maximum absolute atomic E-state index is 12.4. The molecule has 1 aliphatic rings. The highest BCUT2D eigenvalue weighted by molar-refractivity contribution is 5.91. The second kappa shape index (κ2) is 6.38. The van der Waals surface area contributed by atoms with Gasteiger partial charge < -0.3 is 10.3 Å². The van der Waals surface area contributed by atoms with Crippen molar-refractivity contribution in [1.82, 2.24) is 14.8 Å². The highest BCUT2D eigenvalue weighted by atomic mass is 16.1. The summed E-state index contributed by atoms with van der Waals surface area (Å²) in [6, 6.07) is 13.1. The fraction of sp³-hybridized carbons (Fsp3) is 0.263. The van der Waals surface area contributed by atoms with Gasteiger partial charge in [-0.15, -0.1) is 0 Å². The molecule has 0 bridgehead atoms. The van der Waals surface area contributed by atoms with Gasteiger partial charge in [0.15, 0.2) is 5.82 Å². The van der Waals surface area contributed by atoms with E-state index in [1.165, 1.54) is 0 Å². The van der Waals surface area contributed by atoms with Crippen molar-refractivity contribution in [2.45, 2.75) is 25.3 Å². The lowest BCUT2D eigenvalue weighted by Crippen LogP contribution is -2.13. The Kier molecular flexibility index (Phi) is 3.91. The maximum atomic E-state index is 12.4. The molecule has 7 heteroatoms. The monoisotopic (exact) mass is 344 g/mol. The molecule has 128 valence electrons. The van der Waals surface area contributed by atoms with Crippen LogP contribution in [-0.4, -0.2) is 14.8 Å². The van der Waals surface area contributed by atoms with E-state index in [0.29, 0.717) is 29.1 Å². The fourth-order valence-electron chi connectivity index (χ4n) is 3.23. The minimum absolute atomic E-state index is 0.0270. The van der Waals surface area contributed by atoms with Gasteiger partial charge in [-0.3, -0.25) is 9.48 Å². The molecule has 1 aliphatic carbocycles. The number of nitriles is 2. The molecule has 0 unspecified atom stereocenters. The topological polar surface area (TPSA) is 110 Å². The van der Waals surface area contributed by atoms with Crippen molar-refractivity contribution < 1.29 is 0 Å². The second-order valence-corrected chi connectivity index (χ2v) is 6.44. The molecule has 2 N–H and O–H groups in total. The fourth-order valence-corrected chi connectivity index (χ4v) is 3.23. The van der Waals surface area contributed by atoms with Crippen LogP contribution in [0.4, 0.5) is 11.5 Å². The number of nitrogens with zero attached hydrogens (tertiary/aromatic N) is 4. The zero-order chi connectivity index (χ0) is 18.1. The third-order valence-electron chi connectivity index (χ3n) is 4.69. The van der Waals surface area contributed by atoms with Gasteiger partial charge in [-0.2, -0.15) is 15.6 Å². The van der Waals surface area contributed by atoms with E-state index >= 15 is 0 Å². The maximum Gasteiger partial charge on any atom is 0.261 e. The molecule has 1 aromatic carbocycles. The Labute approximate surface area is 149 Å². The first-order chi connectivity index (χ1) is 12.7. The first kappa shape index (κ1) is 15.9. The predicted molar refractivity (Wildman–Crippen MR) is 96.8 cm³/mol. The predicted octanol–water partition coefficient (Wildman–Crippen LogP) is 3.20. The quantitative estimate of drug-likeness (QED) is 0.738. The Balaban J connectivity index is 1.80. The van der Waals surface area contributed by atoms with E-state index < -0.39 is 0 Å². The number of H-pyrrole nitrogens is 1. The number of aromatic nitrogens is 3. The Hall–Kier alpha value is -3.58. The SMILES string of the molecule is N#CC[C@@H](C1CC1)n1nc(Nc2ccc(C#N)cc2)c2c(=O)[nH]ccc21. The summed E-state index contributed by atoms with van der Waals surface area (Å²) in [5, 5.41) is 26.4. The molecule has 3 aromatic rings. The molecule has 0 spiro atoms. The Morgan fingerprint density at radius 3 is 2.69 bits per heavy atom. The van der Waals surface area contributed by atoms with Crippen LogP contribution in [0.2, 0.25) is 0 Å². The zero-order valence-corrected chi connectivity index (χ0v) is 13.9. The lowest BCUT2D eigenvalue weighted by molar-refractivity contribution is 0.426. The minimum Gasteiger partial charge on any atom is -0.338 e. The van der Waals surface area contributed by atoms with Crippen molar-refractivity contribution in [3.63, 3.8) is 0 Å². The normalized spacial score (nSPS) is 14.5. The van der Waals surface area contributed by atoms with Crippen molar-refractivity contribution in [1.29, 1.82) is 10.5 Å². The smallest absolute Gasteiger partial charge is 0.261 e. The van der Waals surface area contributed by atoms with Crippen molar-refractivity contribution in [2.75, 3.05) is 5.32 Å². The molecule has 1 saturated carbocycles. The molecule has 0 saturated heterocycles. The van der Waals surface area contributed by atoms with Gasteiger partial charge in [-0.05, 0) is 49.1 Å². The number of hydrogen-bond acceptors (Lipinski definition) is 5. The van der Waals surface area contributed by atoms with Gasteiger partial charge in [0.25, 0.3) is 5.56 Å². The Morgan fingerprint density at radius 2 is 2.04 bits per heavy atom. The number of fused-ring (bicyclic) bond motifs is 1. The van der Waals surface area contributed by atoms with Crippen LogP contribution in [0, 0.1) is 28.6 Å². The number of nitrogens with one attached hydrogen (secondary N) is 2. The summed E-state index contributed by atoms with van der Waals surface area (Å²) in [6.45, 7) is 0. The van der Waals surface area contributed by atoms with Crippen LogP contribution in [0.15, 0.2) is 41.3 Å². The molecule has 26 heavy (non-hydrogen) atoms. The van der Waals surface area contributed by atoms with Crippen molar-refractivity contribution in [3.05, 3.63) is 52.4 Å². The van der Waals surface area contributed by atoms with Crippen LogP contribution in [-0.2, 0) is 0 Å². The van der Waals surface area contributed by atoms with Crippen molar-refractivity contribution in [3.8, 4) is 12.1 Å². The molecule has 2 aromatic heterocycles. The number of aromatic amines is 1. The highest BCUT2D eigenvalue weighted by Gasteiger charge is 2.34. The standard InChI is InChI=1S/C19H16N6O/c20-9-7-15(13-3-4-13)25-16-8-10-22-19(26)17(16)18(24-25)23-14-5-1-12(11-21)2-6-14/h1-2,5-6,8,10,13,15H,3-4,7H2,(H,22,26)(H,23,24)/t15-/m0/s1. The van der Waals surface area contributed by atoms with Crippen LogP contribution in [0.1, 0.15) is 30.9 Å². The average Bonchev–Trinajstić information content (AvgIpc) is 3.43. The summed E-state index contributed by atoms with van der Waals surface area (Å²) in [7, 11) is 0. The highest BCUT2D eigenvalue weighted by Crippen LogP contribution is 2.42. The lowest BCUT2D eigenvalue weighted by atomic mass is 10.1. The molecule has 2 heterocycles. The van der Waals surface area contributed by atoms with Gasteiger partial charge in [-0.25, -0.2) is 0 Å². The van der Waals surface area contributed by atoms with E-state index in [1.807, 2.05) is 10.7 Å². The van der Waals surface area contributed by atoms with Crippen LogP contribution < -0.4 is 10.9 Å². The van der Waals surface area contributed by atoms with Gasteiger partial charge in [0.05, 0.1) is 35.7 Å². The first-order valence-corrected chi connectivity index (χ1v) is 8.45. The number of pyridine rings is 1. The molecule has 1 atom stereocenters. The van der Waals surface area contributed by atoms with Gasteiger partial charge in [0.1, 0.15) is 5.39 Å². The Bertz CT molecular complexity index is 1090. The molecule has 7 nitrogen and oxygen atoms in total. The molecule has 0 radical (unpaired) electrons. The van der Waals surface area contributed by atoms with Gasteiger partial charge in [0.2, 0.25) is 0 Å². The van der Waals surface area contributed by atoms with E-state index in [1.54, 1.807) is 30.5 Å². The van der Waals surface area contributed by atoms with E-state index in [0.717, 1.165) is 24.0 Å². The number of benzene rings is 1. The molecule has 0 aliphatic heterocycles. The molecule has 1 fully saturated rings. The molecular formula is C19H16N6O. The van der Waals surface area contributed by atoms with E-state index in [2.05, 4.69) is 27.5 Å². The summed E-state index contributed by atoms with van der Waals surface area (Å²) >= 11 is 0. The summed E-state index contributed by atoms with van der Waals surface area (Å²) in [6.07, 6.45) is 4.12. The average molecular weight is 344 g/mol. The third kappa shape index (κ3) is 2.80. The number of hydrogen-bond donors (Lipinski definition) is 2. The van der Waals surface area contributed by atoms with Gasteiger partial charge in [0, 0.05) is 11.9 Å². The number of rotatable bonds is 5. The van der Waals surface area contributed by atoms with E-state index in [4.69, 9.17) is 5.26 Å². The van der Waals surface area contributed by atoms with E-state index in [9.17, 15) is 10.1 Å². The van der Waals surface area contributed by atoms with Crippen molar-refractivity contribution in [2.24, 2.45) is 5.92 Å². The Morgan fingerprint density at radius 1 is 1.27 bits per heavy atom. The summed E-state index contributed by atoms with van der Waals surface area (Å²) in [5.74, 6) is 0.884. The van der Waals surface area contributed by atoms with Crippen molar-refractivity contribution >= 4 is 22.4 Å². The molecule has 4 rings (SSSR count). The summed E-state index contributed by atoms with van der Waals surface area (Å²) in [4.78, 5) is 15.1. The van der Waals surface area contributed by atoms with Crippen LogP contribution in [0.5, 0.6) is 0 Å². The first-order valence-electron chi connectivity index (χ1n) is 8.45. The largest absolute Gasteiger partial charge is 0.338 e. The number of anilines is 2. The molecular weight excluding hydrogens is 328 g/mol. The second-order valence-electron chi connectivity index (χ2n) is 6.44. The van der Waals surface area contributed by atoms with Crippen LogP contribution >= 0.6 is 0 Å². The zero-order valence-electron chi connectivity index (χ0n) is 13.9. The van der Waals surface area contributed by atoms with Gasteiger partial charge >= 0.3 is 0 Å². The third-order valence-corrected chi connectivity index (χ3v) is 4.69.